The van der Waals surface area contributed by atoms with E-state index in [2.05, 4.69) is 15.8 Å². The Hall–Kier alpha value is -0.0300. The molecule has 66 valence electrons. The summed E-state index contributed by atoms with van der Waals surface area (Å²) in [5.41, 5.74) is 0. The zero-order valence-electron chi connectivity index (χ0n) is 6.75. The zero-order chi connectivity index (χ0) is 8.36. The van der Waals surface area contributed by atoms with Crippen LogP contribution in [0.4, 0.5) is 0 Å². The van der Waals surface area contributed by atoms with Crippen LogP contribution in [-0.4, -0.2) is 13.7 Å². The fourth-order valence-corrected chi connectivity index (χ4v) is 0.812. The standard InChI is InChI=1S/C7H14O3S/c1-3-4-5-6-7-9-11-10-8-2/h3H,1,4-7H2,2H3. The van der Waals surface area contributed by atoms with E-state index in [0.717, 1.165) is 31.6 Å². The highest BCUT2D eigenvalue weighted by atomic mass is 32.2. The second-order valence-corrected chi connectivity index (χ2v) is 2.42. The molecule has 0 unspecified atom stereocenters. The lowest BCUT2D eigenvalue weighted by molar-refractivity contribution is -0.166. The summed E-state index contributed by atoms with van der Waals surface area (Å²) in [6.07, 6.45) is 5.07. The lowest BCUT2D eigenvalue weighted by atomic mass is 10.2. The molecule has 0 aromatic heterocycles. The summed E-state index contributed by atoms with van der Waals surface area (Å²) < 4.78 is 9.37. The van der Waals surface area contributed by atoms with E-state index in [1.807, 2.05) is 6.08 Å². The van der Waals surface area contributed by atoms with Crippen molar-refractivity contribution in [1.29, 1.82) is 0 Å². The van der Waals surface area contributed by atoms with Crippen LogP contribution in [-0.2, 0) is 13.4 Å². The summed E-state index contributed by atoms with van der Waals surface area (Å²) in [4.78, 5) is 4.29. The predicted molar refractivity (Wildman–Crippen MR) is 45.7 cm³/mol. The van der Waals surface area contributed by atoms with Crippen molar-refractivity contribution in [3.05, 3.63) is 12.7 Å². The molecule has 3 nitrogen and oxygen atoms in total. The number of unbranched alkanes of at least 4 members (excludes halogenated alkanes) is 2. The van der Waals surface area contributed by atoms with Crippen molar-refractivity contribution in [1.82, 2.24) is 0 Å². The summed E-state index contributed by atoms with van der Waals surface area (Å²) in [7, 11) is 1.44. The second kappa shape index (κ2) is 9.97. The van der Waals surface area contributed by atoms with Crippen LogP contribution in [0.3, 0.4) is 0 Å². The Bertz CT molecular complexity index is 87.8. The van der Waals surface area contributed by atoms with Gasteiger partial charge in [0.2, 0.25) is 0 Å². The van der Waals surface area contributed by atoms with E-state index in [0.29, 0.717) is 6.61 Å². The molecule has 0 radical (unpaired) electrons. The van der Waals surface area contributed by atoms with E-state index in [-0.39, 0.29) is 0 Å². The molecule has 4 heteroatoms. The number of hydrogen-bond donors (Lipinski definition) is 0. The second-order valence-electron chi connectivity index (χ2n) is 1.91. The van der Waals surface area contributed by atoms with Crippen molar-refractivity contribution in [3.63, 3.8) is 0 Å². The minimum atomic E-state index is 0.682. The van der Waals surface area contributed by atoms with Gasteiger partial charge in [0.25, 0.3) is 0 Å². The molecule has 0 fully saturated rings. The molecule has 0 aliphatic rings. The van der Waals surface area contributed by atoms with Gasteiger partial charge in [0.1, 0.15) is 0 Å². The molecule has 0 rings (SSSR count). The molecule has 0 spiro atoms. The highest BCUT2D eigenvalue weighted by Gasteiger charge is 1.89. The van der Waals surface area contributed by atoms with Crippen molar-refractivity contribution in [2.75, 3.05) is 13.7 Å². The first-order valence-electron chi connectivity index (χ1n) is 3.51. The molecule has 0 amide bonds. The van der Waals surface area contributed by atoms with E-state index in [9.17, 15) is 0 Å². The van der Waals surface area contributed by atoms with E-state index in [1.165, 1.54) is 7.11 Å². The zero-order valence-corrected chi connectivity index (χ0v) is 7.56. The van der Waals surface area contributed by atoms with Crippen LogP contribution in [0.5, 0.6) is 0 Å². The predicted octanol–water partition coefficient (Wildman–Crippen LogP) is 2.50. The Morgan fingerprint density at radius 3 is 2.91 bits per heavy atom. The molecule has 0 atom stereocenters. The van der Waals surface area contributed by atoms with Crippen LogP contribution in [0.1, 0.15) is 19.3 Å². The van der Waals surface area contributed by atoms with E-state index >= 15 is 0 Å². The summed E-state index contributed by atoms with van der Waals surface area (Å²) in [6.45, 7) is 4.30. The maximum Gasteiger partial charge on any atom is 0.194 e. The fourth-order valence-electron chi connectivity index (χ4n) is 0.531. The van der Waals surface area contributed by atoms with Crippen LogP contribution in [0.2, 0.25) is 0 Å². The van der Waals surface area contributed by atoms with Crippen molar-refractivity contribution in [2.45, 2.75) is 19.3 Å². The maximum absolute atomic E-state index is 4.96. The van der Waals surface area contributed by atoms with Crippen LogP contribution in [0.25, 0.3) is 0 Å². The Morgan fingerprint density at radius 2 is 2.27 bits per heavy atom. The quantitative estimate of drug-likeness (QED) is 0.188. The first-order valence-corrected chi connectivity index (χ1v) is 4.18. The van der Waals surface area contributed by atoms with Gasteiger partial charge < -0.3 is 0 Å². The monoisotopic (exact) mass is 178 g/mol. The highest BCUT2D eigenvalue weighted by Crippen LogP contribution is 2.06. The van der Waals surface area contributed by atoms with Crippen LogP contribution in [0, 0.1) is 0 Å². The molecule has 0 saturated carbocycles. The molecule has 0 N–H and O–H groups in total. The maximum atomic E-state index is 4.96. The fraction of sp³-hybridized carbons (Fsp3) is 0.714. The Kier molecular flexibility index (Phi) is 9.94. The van der Waals surface area contributed by atoms with Gasteiger partial charge in [-0.25, -0.2) is 4.89 Å². The molecule has 0 aliphatic heterocycles. The first kappa shape index (κ1) is 11.0. The molecule has 0 saturated heterocycles. The Morgan fingerprint density at radius 1 is 1.45 bits per heavy atom. The van der Waals surface area contributed by atoms with Gasteiger partial charge in [0, 0.05) is 0 Å². The van der Waals surface area contributed by atoms with Gasteiger partial charge in [-0.05, 0) is 19.3 Å². The molecule has 0 bridgehead atoms. The van der Waals surface area contributed by atoms with Crippen LogP contribution < -0.4 is 0 Å². The molecule has 0 aromatic rings. The lowest BCUT2D eigenvalue weighted by Crippen LogP contribution is -1.87. The third-order valence-electron chi connectivity index (χ3n) is 1.03. The van der Waals surface area contributed by atoms with Gasteiger partial charge in [0.15, 0.2) is 12.3 Å². The van der Waals surface area contributed by atoms with Crippen molar-refractivity contribution < 1.29 is 13.4 Å². The van der Waals surface area contributed by atoms with Crippen molar-refractivity contribution in [3.8, 4) is 0 Å². The molecule has 0 heterocycles. The topological polar surface area (TPSA) is 27.7 Å². The molecule has 0 aliphatic carbocycles. The van der Waals surface area contributed by atoms with Gasteiger partial charge in [-0.1, -0.05) is 6.08 Å². The minimum absolute atomic E-state index is 0.682. The van der Waals surface area contributed by atoms with E-state index in [4.69, 9.17) is 4.18 Å². The number of rotatable bonds is 8. The summed E-state index contributed by atoms with van der Waals surface area (Å²) >= 11 is 0.863. The van der Waals surface area contributed by atoms with Gasteiger partial charge >= 0.3 is 0 Å². The smallest absolute Gasteiger partial charge is 0.194 e. The lowest BCUT2D eigenvalue weighted by Gasteiger charge is -1.98. The third kappa shape index (κ3) is 9.97. The first-order chi connectivity index (χ1) is 5.41. The average molecular weight is 178 g/mol. The van der Waals surface area contributed by atoms with Crippen molar-refractivity contribution in [2.24, 2.45) is 0 Å². The van der Waals surface area contributed by atoms with E-state index < -0.39 is 0 Å². The van der Waals surface area contributed by atoms with Gasteiger partial charge in [-0.3, -0.25) is 4.18 Å². The van der Waals surface area contributed by atoms with Gasteiger partial charge in [0.05, 0.1) is 13.7 Å². The third-order valence-corrected chi connectivity index (χ3v) is 1.48. The molecule has 0 aromatic carbocycles. The van der Waals surface area contributed by atoms with E-state index in [1.54, 1.807) is 0 Å². The normalized spacial score (nSPS) is 9.91. The van der Waals surface area contributed by atoms with Gasteiger partial charge in [-0.15, -0.1) is 10.9 Å². The average Bonchev–Trinajstić information content (AvgIpc) is 2.03. The molecular formula is C7H14O3S. The summed E-state index contributed by atoms with van der Waals surface area (Å²) in [5.74, 6) is 0. The van der Waals surface area contributed by atoms with Gasteiger partial charge in [-0.2, -0.15) is 0 Å². The minimum Gasteiger partial charge on any atom is -0.289 e. The number of allylic oxidation sites excluding steroid dienone is 1. The highest BCUT2D eigenvalue weighted by molar-refractivity contribution is 7.89. The Labute approximate surface area is 72.1 Å². The van der Waals surface area contributed by atoms with Crippen molar-refractivity contribution >= 4 is 12.3 Å². The summed E-state index contributed by atoms with van der Waals surface area (Å²) in [6, 6.07) is 0. The largest absolute Gasteiger partial charge is 0.289 e. The van der Waals surface area contributed by atoms with Crippen LogP contribution in [0.15, 0.2) is 12.7 Å². The Balaban J connectivity index is 2.74. The van der Waals surface area contributed by atoms with Crippen LogP contribution >= 0.6 is 12.3 Å². The molecule has 11 heavy (non-hydrogen) atoms. The molecular weight excluding hydrogens is 164 g/mol. The summed E-state index contributed by atoms with van der Waals surface area (Å²) in [5, 5.41) is 0. The SMILES string of the molecule is C=CCCCCOSOOC. The number of hydrogen-bond acceptors (Lipinski definition) is 4.